The van der Waals surface area contributed by atoms with E-state index in [9.17, 15) is 13.2 Å². The quantitative estimate of drug-likeness (QED) is 0.461. The third kappa shape index (κ3) is 3.58. The van der Waals surface area contributed by atoms with Gasteiger partial charge in [0, 0.05) is 17.2 Å². The number of anilines is 1. The zero-order valence-corrected chi connectivity index (χ0v) is 18.8. The molecule has 0 aliphatic heterocycles. The summed E-state index contributed by atoms with van der Waals surface area (Å²) in [7, 11) is 1.54. The average Bonchev–Trinajstić information content (AvgIpc) is 3.17. The molecule has 178 valence electrons. The smallest absolute Gasteiger partial charge is 0.435 e. The molecule has 4 aromatic rings. The van der Waals surface area contributed by atoms with E-state index in [0.29, 0.717) is 41.0 Å². The maximum absolute atomic E-state index is 13.7. The number of benzene rings is 1. The molecule has 1 aliphatic rings. The normalized spacial score (nSPS) is 18.9. The van der Waals surface area contributed by atoms with Crippen LogP contribution in [0.3, 0.4) is 0 Å². The van der Waals surface area contributed by atoms with Gasteiger partial charge < -0.3 is 16.2 Å². The van der Waals surface area contributed by atoms with E-state index in [0.717, 1.165) is 0 Å². The Balaban J connectivity index is 1.47. The molecule has 3 aromatic heterocycles. The van der Waals surface area contributed by atoms with Crippen molar-refractivity contribution in [2.75, 3.05) is 12.8 Å². The lowest BCUT2D eigenvalue weighted by molar-refractivity contribution is -0.142. The third-order valence-electron chi connectivity index (χ3n) is 6.15. The van der Waals surface area contributed by atoms with E-state index < -0.39 is 23.3 Å². The molecule has 0 amide bonds. The van der Waals surface area contributed by atoms with Crippen molar-refractivity contribution in [2.24, 2.45) is 5.73 Å². The topological polar surface area (TPSA) is 130 Å². The summed E-state index contributed by atoms with van der Waals surface area (Å²) >= 11 is 0. The summed E-state index contributed by atoms with van der Waals surface area (Å²) in [6.45, 7) is 3.18. The van der Waals surface area contributed by atoms with E-state index >= 15 is 0 Å². The number of alkyl halides is 3. The van der Waals surface area contributed by atoms with Crippen molar-refractivity contribution in [3.63, 3.8) is 0 Å². The Morgan fingerprint density at radius 2 is 1.82 bits per heavy atom. The zero-order valence-electron chi connectivity index (χ0n) is 18.8. The molecular formula is C22H23F3N8O. The van der Waals surface area contributed by atoms with Crippen LogP contribution in [0.2, 0.25) is 0 Å². The summed E-state index contributed by atoms with van der Waals surface area (Å²) in [5.74, 6) is 0.650. The Bertz CT molecular complexity index is 1400. The number of fused-ring (bicyclic) bond motifs is 3. The van der Waals surface area contributed by atoms with E-state index in [1.807, 2.05) is 12.1 Å². The zero-order chi connectivity index (χ0) is 24.4. The molecule has 1 aliphatic carbocycles. The van der Waals surface area contributed by atoms with Gasteiger partial charge in [-0.15, -0.1) is 5.10 Å². The highest BCUT2D eigenvalue weighted by Crippen LogP contribution is 2.49. The fraction of sp³-hybridized carbons (Fsp3) is 0.409. The summed E-state index contributed by atoms with van der Waals surface area (Å²) in [5.41, 5.74) is 11.1. The summed E-state index contributed by atoms with van der Waals surface area (Å²) in [4.78, 5) is 17.0. The Morgan fingerprint density at radius 1 is 1.09 bits per heavy atom. The van der Waals surface area contributed by atoms with Crippen LogP contribution in [0, 0.1) is 0 Å². The second-order valence-corrected chi connectivity index (χ2v) is 9.11. The molecule has 0 bridgehead atoms. The van der Waals surface area contributed by atoms with Gasteiger partial charge in [0.1, 0.15) is 11.3 Å². The minimum atomic E-state index is -4.63. The standard InChI is InChI=1S/C22H23F3N8O/c1-21(2,27)14-9-28-15(17(29-14)22(23,24)25)10-7-11(8-10)18-31-19-12-5-4-6-13(34-3)16(12)30-20(26)33(19)32-18/h4-6,9-11H,7-8,27H2,1-3H3,(H2,26,30)/t10-,11-. The van der Waals surface area contributed by atoms with E-state index in [-0.39, 0.29) is 23.3 Å². The fourth-order valence-corrected chi connectivity index (χ4v) is 4.25. The lowest BCUT2D eigenvalue weighted by Crippen LogP contribution is -2.33. The highest BCUT2D eigenvalue weighted by molar-refractivity contribution is 5.95. The summed E-state index contributed by atoms with van der Waals surface area (Å²) in [6, 6.07) is 5.43. The molecule has 0 saturated heterocycles. The van der Waals surface area contributed by atoms with E-state index in [1.165, 1.54) is 10.7 Å². The molecular weight excluding hydrogens is 449 g/mol. The van der Waals surface area contributed by atoms with Crippen molar-refractivity contribution in [1.82, 2.24) is 29.5 Å². The summed E-state index contributed by atoms with van der Waals surface area (Å²) in [6.07, 6.45) is -2.48. The average molecular weight is 472 g/mol. The number of nitrogens with zero attached hydrogens (tertiary/aromatic N) is 6. The maximum Gasteiger partial charge on any atom is 0.435 e. The van der Waals surface area contributed by atoms with Gasteiger partial charge >= 0.3 is 6.18 Å². The predicted molar refractivity (Wildman–Crippen MR) is 118 cm³/mol. The molecule has 0 radical (unpaired) electrons. The number of nitrogens with two attached hydrogens (primary N) is 2. The number of nitrogen functional groups attached to an aromatic ring is 1. The van der Waals surface area contributed by atoms with Crippen molar-refractivity contribution < 1.29 is 17.9 Å². The van der Waals surface area contributed by atoms with Gasteiger partial charge in [0.25, 0.3) is 0 Å². The number of hydrogen-bond donors (Lipinski definition) is 2. The number of methoxy groups -OCH3 is 1. The summed E-state index contributed by atoms with van der Waals surface area (Å²) in [5, 5.41) is 5.20. The first-order chi connectivity index (χ1) is 16.0. The SMILES string of the molecule is COc1cccc2c1nc(N)n1nc([C@H]3C[C@H](c4ncc(C(C)(C)N)nc4C(F)(F)F)C3)nc21. The molecule has 9 nitrogen and oxygen atoms in total. The van der Waals surface area contributed by atoms with Crippen molar-refractivity contribution >= 4 is 22.5 Å². The highest BCUT2D eigenvalue weighted by Gasteiger charge is 2.44. The Kier molecular flexibility index (Phi) is 4.90. The molecule has 4 N–H and O–H groups in total. The Hall–Kier alpha value is -3.54. The van der Waals surface area contributed by atoms with E-state index in [4.69, 9.17) is 16.2 Å². The highest BCUT2D eigenvalue weighted by atomic mass is 19.4. The van der Waals surface area contributed by atoms with Gasteiger partial charge in [0.15, 0.2) is 17.2 Å². The second kappa shape index (κ2) is 7.49. The second-order valence-electron chi connectivity index (χ2n) is 9.11. The van der Waals surface area contributed by atoms with Crippen LogP contribution in [0.5, 0.6) is 5.75 Å². The number of para-hydroxylation sites is 1. The van der Waals surface area contributed by atoms with Gasteiger partial charge in [-0.3, -0.25) is 4.98 Å². The van der Waals surface area contributed by atoms with Gasteiger partial charge in [-0.1, -0.05) is 6.07 Å². The van der Waals surface area contributed by atoms with Crippen LogP contribution in [0.4, 0.5) is 19.1 Å². The van der Waals surface area contributed by atoms with E-state index in [1.54, 1.807) is 27.0 Å². The van der Waals surface area contributed by atoms with Crippen LogP contribution in [0.25, 0.3) is 16.6 Å². The third-order valence-corrected chi connectivity index (χ3v) is 6.15. The minimum Gasteiger partial charge on any atom is -0.494 e. The van der Waals surface area contributed by atoms with Gasteiger partial charge in [0.05, 0.1) is 30.2 Å². The number of rotatable bonds is 4. The largest absolute Gasteiger partial charge is 0.494 e. The fourth-order valence-electron chi connectivity index (χ4n) is 4.25. The van der Waals surface area contributed by atoms with Crippen LogP contribution in [-0.2, 0) is 11.7 Å². The van der Waals surface area contributed by atoms with Crippen LogP contribution in [0.1, 0.15) is 61.4 Å². The van der Waals surface area contributed by atoms with Crippen LogP contribution in [-0.4, -0.2) is 36.7 Å². The number of ether oxygens (including phenoxy) is 1. The maximum atomic E-state index is 13.7. The monoisotopic (exact) mass is 472 g/mol. The lowest BCUT2D eigenvalue weighted by Gasteiger charge is -2.34. The first-order valence-corrected chi connectivity index (χ1v) is 10.7. The number of hydrogen-bond acceptors (Lipinski definition) is 8. The molecule has 5 rings (SSSR count). The minimum absolute atomic E-state index is 0.0723. The Labute approximate surface area is 192 Å². The molecule has 0 unspecified atom stereocenters. The van der Waals surface area contributed by atoms with Crippen molar-refractivity contribution in [3.8, 4) is 5.75 Å². The molecule has 0 atom stereocenters. The molecule has 12 heteroatoms. The lowest BCUT2D eigenvalue weighted by atomic mass is 9.72. The van der Waals surface area contributed by atoms with Gasteiger partial charge in [0.2, 0.25) is 5.95 Å². The van der Waals surface area contributed by atoms with Crippen molar-refractivity contribution in [3.05, 3.63) is 47.3 Å². The Morgan fingerprint density at radius 3 is 2.47 bits per heavy atom. The molecule has 1 saturated carbocycles. The van der Waals surface area contributed by atoms with Gasteiger partial charge in [-0.05, 0) is 38.8 Å². The molecule has 3 heterocycles. The first kappa shape index (κ1) is 22.3. The van der Waals surface area contributed by atoms with Crippen LogP contribution in [0.15, 0.2) is 24.4 Å². The van der Waals surface area contributed by atoms with Gasteiger partial charge in [-0.25, -0.2) is 15.0 Å². The molecule has 34 heavy (non-hydrogen) atoms. The van der Waals surface area contributed by atoms with Gasteiger partial charge in [-0.2, -0.15) is 17.7 Å². The molecule has 1 fully saturated rings. The van der Waals surface area contributed by atoms with E-state index in [2.05, 4.69) is 25.0 Å². The predicted octanol–water partition coefficient (Wildman–Crippen LogP) is 3.53. The number of halogens is 3. The van der Waals surface area contributed by atoms with Crippen molar-refractivity contribution in [1.29, 1.82) is 0 Å². The van der Waals surface area contributed by atoms with Crippen molar-refractivity contribution in [2.45, 2.75) is 50.2 Å². The first-order valence-electron chi connectivity index (χ1n) is 10.7. The molecule has 1 aromatic carbocycles. The van der Waals surface area contributed by atoms with Crippen LogP contribution >= 0.6 is 0 Å². The molecule has 0 spiro atoms. The summed E-state index contributed by atoms with van der Waals surface area (Å²) < 4.78 is 48.1. The van der Waals surface area contributed by atoms with Crippen LogP contribution < -0.4 is 16.2 Å². The number of aromatic nitrogens is 6.